The van der Waals surface area contributed by atoms with E-state index < -0.39 is 17.5 Å². The van der Waals surface area contributed by atoms with Gasteiger partial charge >= 0.3 is 6.18 Å². The Morgan fingerprint density at radius 3 is 2.74 bits per heavy atom. The number of phenols is 1. The first-order valence-corrected chi connectivity index (χ1v) is 8.94. The molecule has 2 aliphatic heterocycles. The van der Waals surface area contributed by atoms with E-state index in [1.807, 2.05) is 0 Å². The molecule has 0 amide bonds. The van der Waals surface area contributed by atoms with Crippen LogP contribution in [0.15, 0.2) is 18.2 Å². The highest BCUT2D eigenvalue weighted by Crippen LogP contribution is 2.37. The van der Waals surface area contributed by atoms with Gasteiger partial charge in [0.1, 0.15) is 11.4 Å². The van der Waals surface area contributed by atoms with Gasteiger partial charge in [-0.25, -0.2) is 4.98 Å². The molecule has 9 heteroatoms. The molecule has 0 aliphatic carbocycles. The monoisotopic (exact) mass is 379 g/mol. The molecule has 2 saturated heterocycles. The number of fused-ring (bicyclic) bond motifs is 1. The van der Waals surface area contributed by atoms with Crippen LogP contribution in [-0.4, -0.2) is 46.0 Å². The maximum Gasteiger partial charge on any atom is 0.416 e. The Morgan fingerprint density at radius 2 is 2.04 bits per heavy atom. The average molecular weight is 379 g/mol. The van der Waals surface area contributed by atoms with E-state index >= 15 is 0 Å². The van der Waals surface area contributed by atoms with Gasteiger partial charge in [0.15, 0.2) is 0 Å². The fraction of sp³-hybridized carbons (Fsp3) is 0.500. The van der Waals surface area contributed by atoms with Gasteiger partial charge in [-0.1, -0.05) is 0 Å². The normalized spacial score (nSPS) is 22.7. The van der Waals surface area contributed by atoms with Gasteiger partial charge in [0.25, 0.3) is 0 Å². The Labute approximate surface area is 154 Å². The molecule has 0 unspecified atom stereocenters. The zero-order valence-electron chi connectivity index (χ0n) is 14.8. The summed E-state index contributed by atoms with van der Waals surface area (Å²) in [5.41, 5.74) is 0.0716. The van der Waals surface area contributed by atoms with Crippen molar-refractivity contribution < 1.29 is 18.3 Å². The minimum absolute atomic E-state index is 0.186. The van der Waals surface area contributed by atoms with Crippen molar-refractivity contribution in [3.63, 3.8) is 0 Å². The minimum Gasteiger partial charge on any atom is -0.507 e. The van der Waals surface area contributed by atoms with Gasteiger partial charge in [0.05, 0.1) is 11.3 Å². The molecule has 0 bridgehead atoms. The van der Waals surface area contributed by atoms with Gasteiger partial charge in [-0.2, -0.15) is 13.2 Å². The number of hydrogen-bond acceptors (Lipinski definition) is 6. The molecule has 2 fully saturated rings. The van der Waals surface area contributed by atoms with Crippen LogP contribution in [0.2, 0.25) is 0 Å². The summed E-state index contributed by atoms with van der Waals surface area (Å²) in [6, 6.07) is 3.16. The summed E-state index contributed by atoms with van der Waals surface area (Å²) in [6.07, 6.45) is -2.29. The summed E-state index contributed by atoms with van der Waals surface area (Å²) in [5.74, 6) is 0.655. The van der Waals surface area contributed by atoms with Gasteiger partial charge in [-0.15, -0.1) is 10.2 Å². The van der Waals surface area contributed by atoms with Crippen molar-refractivity contribution in [2.75, 3.05) is 24.5 Å². The summed E-state index contributed by atoms with van der Waals surface area (Å²) < 4.78 is 38.3. The van der Waals surface area contributed by atoms with E-state index in [0.717, 1.165) is 38.5 Å². The zero-order valence-corrected chi connectivity index (χ0v) is 14.8. The lowest BCUT2D eigenvalue weighted by Gasteiger charge is -2.32. The predicted molar refractivity (Wildman–Crippen MR) is 93.4 cm³/mol. The predicted octanol–water partition coefficient (Wildman–Crippen LogP) is 2.76. The summed E-state index contributed by atoms with van der Waals surface area (Å²) in [7, 11) is 0. The molecule has 2 aromatic rings. The number of aromatic hydroxyl groups is 1. The lowest BCUT2D eigenvalue weighted by Crippen LogP contribution is -2.46. The second kappa shape index (κ2) is 6.63. The summed E-state index contributed by atoms with van der Waals surface area (Å²) in [6.45, 7) is 4.49. The summed E-state index contributed by atoms with van der Waals surface area (Å²) in [5, 5.41) is 21.8. The highest BCUT2D eigenvalue weighted by molar-refractivity contribution is 5.69. The standard InChI is InChI=1S/C18H20F3N5O/c1-10-16(13-3-2-12(8-15(13)27)18(19,20)21)24-25-17(23-10)26-7-5-11-4-6-22-9-14(11)26/h2-3,8,11,14,22,27H,4-7,9H2,1H3/t11-,14-/m0/s1. The average Bonchev–Trinajstić information content (AvgIpc) is 3.05. The first-order chi connectivity index (χ1) is 12.8. The second-order valence-corrected chi connectivity index (χ2v) is 7.08. The number of benzene rings is 1. The van der Waals surface area contributed by atoms with Crippen molar-refractivity contribution in [3.8, 4) is 17.0 Å². The second-order valence-electron chi connectivity index (χ2n) is 7.08. The minimum atomic E-state index is -4.51. The largest absolute Gasteiger partial charge is 0.507 e. The first kappa shape index (κ1) is 18.0. The van der Waals surface area contributed by atoms with Crippen LogP contribution >= 0.6 is 0 Å². The molecule has 2 atom stereocenters. The van der Waals surface area contributed by atoms with Crippen LogP contribution in [0.4, 0.5) is 19.1 Å². The number of halogens is 3. The van der Waals surface area contributed by atoms with Crippen molar-refractivity contribution in [1.82, 2.24) is 20.5 Å². The molecule has 144 valence electrons. The Morgan fingerprint density at radius 1 is 1.22 bits per heavy atom. The Hall–Kier alpha value is -2.42. The van der Waals surface area contributed by atoms with Crippen molar-refractivity contribution >= 4 is 5.95 Å². The van der Waals surface area contributed by atoms with Crippen LogP contribution in [-0.2, 0) is 6.18 Å². The number of anilines is 1. The number of aryl methyl sites for hydroxylation is 1. The fourth-order valence-corrected chi connectivity index (χ4v) is 3.99. The van der Waals surface area contributed by atoms with Crippen molar-refractivity contribution in [1.29, 1.82) is 0 Å². The number of rotatable bonds is 2. The third kappa shape index (κ3) is 3.31. The number of aromatic nitrogens is 3. The van der Waals surface area contributed by atoms with Gasteiger partial charge in [0.2, 0.25) is 5.95 Å². The van der Waals surface area contributed by atoms with Crippen LogP contribution < -0.4 is 10.2 Å². The van der Waals surface area contributed by atoms with Crippen LogP contribution in [0, 0.1) is 12.8 Å². The summed E-state index contributed by atoms with van der Waals surface area (Å²) in [4.78, 5) is 6.67. The van der Waals surface area contributed by atoms with Crippen LogP contribution in [0.25, 0.3) is 11.3 Å². The molecule has 3 heterocycles. The number of phenolic OH excluding ortho intramolecular Hbond substituents is 1. The van der Waals surface area contributed by atoms with E-state index in [4.69, 9.17) is 0 Å². The molecular formula is C18H20F3N5O. The quantitative estimate of drug-likeness (QED) is 0.836. The van der Waals surface area contributed by atoms with E-state index in [0.29, 0.717) is 29.7 Å². The van der Waals surface area contributed by atoms with E-state index in [-0.39, 0.29) is 11.3 Å². The molecule has 4 rings (SSSR count). The molecule has 27 heavy (non-hydrogen) atoms. The van der Waals surface area contributed by atoms with E-state index in [9.17, 15) is 18.3 Å². The molecule has 2 aliphatic rings. The summed E-state index contributed by atoms with van der Waals surface area (Å²) >= 11 is 0. The number of piperidine rings is 1. The Bertz CT molecular complexity index is 857. The lowest BCUT2D eigenvalue weighted by molar-refractivity contribution is -0.137. The first-order valence-electron chi connectivity index (χ1n) is 8.94. The van der Waals surface area contributed by atoms with Crippen molar-refractivity contribution in [2.45, 2.75) is 32.0 Å². The van der Waals surface area contributed by atoms with E-state index in [2.05, 4.69) is 25.4 Å². The van der Waals surface area contributed by atoms with Crippen molar-refractivity contribution in [2.24, 2.45) is 5.92 Å². The van der Waals surface area contributed by atoms with Gasteiger partial charge < -0.3 is 15.3 Å². The SMILES string of the molecule is Cc1nc(N2CC[C@@H]3CCNC[C@@H]32)nnc1-c1ccc(C(F)(F)F)cc1O. The molecule has 0 spiro atoms. The Kier molecular flexibility index (Phi) is 4.41. The third-order valence-corrected chi connectivity index (χ3v) is 5.42. The maximum absolute atomic E-state index is 12.8. The zero-order chi connectivity index (χ0) is 19.2. The van der Waals surface area contributed by atoms with Gasteiger partial charge in [-0.05, 0) is 50.4 Å². The molecule has 0 radical (unpaired) electrons. The number of nitrogens with one attached hydrogen (secondary N) is 1. The third-order valence-electron chi connectivity index (χ3n) is 5.42. The lowest BCUT2D eigenvalue weighted by atomic mass is 9.93. The maximum atomic E-state index is 12.8. The highest BCUT2D eigenvalue weighted by atomic mass is 19.4. The fourth-order valence-electron chi connectivity index (χ4n) is 3.99. The van der Waals surface area contributed by atoms with Crippen LogP contribution in [0.5, 0.6) is 5.75 Å². The van der Waals surface area contributed by atoms with E-state index in [1.54, 1.807) is 6.92 Å². The van der Waals surface area contributed by atoms with Crippen molar-refractivity contribution in [3.05, 3.63) is 29.5 Å². The van der Waals surface area contributed by atoms with Gasteiger partial charge in [0, 0.05) is 24.7 Å². The molecular weight excluding hydrogens is 359 g/mol. The number of alkyl halides is 3. The molecule has 2 N–H and O–H groups in total. The molecule has 6 nitrogen and oxygen atoms in total. The van der Waals surface area contributed by atoms with Crippen LogP contribution in [0.1, 0.15) is 24.1 Å². The number of nitrogens with zero attached hydrogens (tertiary/aromatic N) is 4. The molecule has 1 aromatic heterocycles. The Balaban J connectivity index is 1.63. The number of hydrogen-bond donors (Lipinski definition) is 2. The molecule has 1 aromatic carbocycles. The van der Waals surface area contributed by atoms with Gasteiger partial charge in [-0.3, -0.25) is 0 Å². The molecule has 0 saturated carbocycles. The van der Waals surface area contributed by atoms with Crippen LogP contribution in [0.3, 0.4) is 0 Å². The van der Waals surface area contributed by atoms with E-state index in [1.165, 1.54) is 6.07 Å². The topological polar surface area (TPSA) is 74.2 Å². The highest BCUT2D eigenvalue weighted by Gasteiger charge is 2.37. The smallest absolute Gasteiger partial charge is 0.416 e.